The van der Waals surface area contributed by atoms with Gasteiger partial charge >= 0.3 is 5.97 Å². The molecule has 1 fully saturated rings. The molecule has 194 valence electrons. The van der Waals surface area contributed by atoms with Crippen molar-refractivity contribution in [2.75, 3.05) is 19.7 Å². The summed E-state index contributed by atoms with van der Waals surface area (Å²) in [4.78, 5) is 33.3. The number of sulfonamides is 1. The molecule has 4 rings (SSSR count). The Bertz CT molecular complexity index is 1420. The molecule has 10 nitrogen and oxygen atoms in total. The molecule has 1 amide bonds. The molecule has 1 saturated heterocycles. The van der Waals surface area contributed by atoms with E-state index in [9.17, 15) is 18.0 Å². The van der Waals surface area contributed by atoms with E-state index in [0.717, 1.165) is 16.6 Å². The second kappa shape index (κ2) is 10.1. The number of hydrogen-bond donors (Lipinski definition) is 2. The lowest BCUT2D eigenvalue weighted by Crippen LogP contribution is -2.45. The largest absolute Gasteiger partial charge is 0.462 e. The molecule has 0 spiro atoms. The Labute approximate surface area is 211 Å². The summed E-state index contributed by atoms with van der Waals surface area (Å²) in [6.07, 6.45) is 1.12. The number of esters is 1. The number of amides is 1. The Hall–Kier alpha value is -3.18. The molecule has 3 heterocycles. The molecule has 0 saturated carbocycles. The van der Waals surface area contributed by atoms with Crippen LogP contribution in [0.25, 0.3) is 11.0 Å². The summed E-state index contributed by atoms with van der Waals surface area (Å²) in [7, 11) is -2.31. The number of hydrogen-bond acceptors (Lipinski definition) is 6. The Kier molecular flexibility index (Phi) is 7.24. The minimum atomic E-state index is -4.03. The summed E-state index contributed by atoms with van der Waals surface area (Å²) >= 11 is 0. The Morgan fingerprint density at radius 1 is 1.22 bits per heavy atom. The maximum Gasteiger partial charge on any atom is 0.341 e. The number of benzene rings is 1. The zero-order valence-corrected chi connectivity index (χ0v) is 22.2. The molecule has 2 aromatic heterocycles. The van der Waals surface area contributed by atoms with E-state index in [0.29, 0.717) is 30.1 Å². The van der Waals surface area contributed by atoms with E-state index in [4.69, 9.17) is 4.74 Å². The van der Waals surface area contributed by atoms with Gasteiger partial charge in [-0.3, -0.25) is 4.79 Å². The second-order valence-corrected chi connectivity index (χ2v) is 11.2. The first-order valence-electron chi connectivity index (χ1n) is 12.1. The molecular weight excluding hydrogens is 482 g/mol. The van der Waals surface area contributed by atoms with E-state index in [2.05, 4.69) is 15.3 Å². The first-order valence-corrected chi connectivity index (χ1v) is 13.5. The Morgan fingerprint density at radius 2 is 1.97 bits per heavy atom. The van der Waals surface area contributed by atoms with Crippen LogP contribution in [0.4, 0.5) is 0 Å². The molecule has 2 N–H and O–H groups in total. The number of H-pyrrole nitrogens is 1. The van der Waals surface area contributed by atoms with E-state index in [1.807, 2.05) is 25.1 Å². The predicted molar refractivity (Wildman–Crippen MR) is 135 cm³/mol. The summed E-state index contributed by atoms with van der Waals surface area (Å²) in [6, 6.07) is 5.90. The lowest BCUT2D eigenvalue weighted by Gasteiger charge is -2.31. The average Bonchev–Trinajstić information content (AvgIpc) is 3.36. The van der Waals surface area contributed by atoms with E-state index in [1.165, 1.54) is 4.31 Å². The fraction of sp³-hybridized carbons (Fsp3) is 0.480. The monoisotopic (exact) mass is 515 g/mol. The van der Waals surface area contributed by atoms with Crippen LogP contribution in [0, 0.1) is 26.7 Å². The topological polar surface area (TPSA) is 126 Å². The van der Waals surface area contributed by atoms with Crippen LogP contribution in [0.15, 0.2) is 23.1 Å². The van der Waals surface area contributed by atoms with Gasteiger partial charge in [-0.2, -0.15) is 4.31 Å². The summed E-state index contributed by atoms with van der Waals surface area (Å²) < 4.78 is 35.6. The van der Waals surface area contributed by atoms with Crippen LogP contribution >= 0.6 is 0 Å². The highest BCUT2D eigenvalue weighted by atomic mass is 32.2. The van der Waals surface area contributed by atoms with Crippen LogP contribution in [0.2, 0.25) is 0 Å². The van der Waals surface area contributed by atoms with Gasteiger partial charge in [0.25, 0.3) is 0 Å². The fourth-order valence-corrected chi connectivity index (χ4v) is 6.76. The summed E-state index contributed by atoms with van der Waals surface area (Å²) in [6.45, 7) is 7.74. The number of aromatic nitrogens is 3. The van der Waals surface area contributed by atoms with Gasteiger partial charge in [0.15, 0.2) is 0 Å². The maximum absolute atomic E-state index is 13.7. The van der Waals surface area contributed by atoms with Gasteiger partial charge in [-0.05, 0) is 58.2 Å². The van der Waals surface area contributed by atoms with Crippen molar-refractivity contribution in [1.82, 2.24) is 24.2 Å². The summed E-state index contributed by atoms with van der Waals surface area (Å²) in [5.41, 5.74) is 3.88. The third-order valence-corrected chi connectivity index (χ3v) is 8.90. The molecule has 1 atom stereocenters. The lowest BCUT2D eigenvalue weighted by molar-refractivity contribution is -0.126. The highest BCUT2D eigenvalue weighted by Gasteiger charge is 2.39. The first kappa shape index (κ1) is 25.9. The third kappa shape index (κ3) is 4.77. The maximum atomic E-state index is 13.7. The zero-order chi connectivity index (χ0) is 26.2. The molecule has 1 aromatic carbocycles. The van der Waals surface area contributed by atoms with Crippen molar-refractivity contribution >= 4 is 32.9 Å². The number of aromatic amines is 1. The van der Waals surface area contributed by atoms with Gasteiger partial charge in [-0.1, -0.05) is 6.07 Å². The number of piperidine rings is 1. The highest BCUT2D eigenvalue weighted by Crippen LogP contribution is 2.32. The summed E-state index contributed by atoms with van der Waals surface area (Å²) in [5.74, 6) is -0.752. The van der Waals surface area contributed by atoms with Gasteiger partial charge < -0.3 is 19.6 Å². The van der Waals surface area contributed by atoms with Crippen molar-refractivity contribution in [2.24, 2.45) is 13.0 Å². The molecule has 0 bridgehead atoms. The number of rotatable bonds is 7. The standard InChI is InChI=1S/C25H33N5O5S/c1-6-35-25(32)22-16(3)29(5)17(4)23(22)36(33,34)30-11-7-8-18(14-30)24(31)26-13-21-27-19-10-9-15(2)12-20(19)28-21/h9-10,12,18H,6-8,11,13-14H2,1-5H3,(H,26,31)(H,27,28). The lowest BCUT2D eigenvalue weighted by atomic mass is 9.99. The third-order valence-electron chi connectivity index (χ3n) is 6.87. The second-order valence-electron chi connectivity index (χ2n) is 9.28. The molecule has 1 aliphatic heterocycles. The number of carbonyl (C=O) groups excluding carboxylic acids is 2. The van der Waals surface area contributed by atoms with Crippen LogP contribution in [0.3, 0.4) is 0 Å². The van der Waals surface area contributed by atoms with Crippen LogP contribution in [-0.4, -0.2) is 58.8 Å². The van der Waals surface area contributed by atoms with Crippen LogP contribution in [0.1, 0.15) is 52.9 Å². The van der Waals surface area contributed by atoms with Gasteiger partial charge in [0.2, 0.25) is 15.9 Å². The highest BCUT2D eigenvalue weighted by molar-refractivity contribution is 7.89. The number of fused-ring (bicyclic) bond motifs is 1. The normalized spacial score (nSPS) is 16.9. The number of nitrogens with one attached hydrogen (secondary N) is 2. The number of carbonyl (C=O) groups is 2. The number of nitrogens with zero attached hydrogens (tertiary/aromatic N) is 3. The van der Waals surface area contributed by atoms with Crippen molar-refractivity contribution in [3.05, 3.63) is 46.5 Å². The summed E-state index contributed by atoms with van der Waals surface area (Å²) in [5, 5.41) is 2.89. The minimum absolute atomic E-state index is 0.0421. The Balaban J connectivity index is 1.51. The van der Waals surface area contributed by atoms with E-state index in [1.54, 1.807) is 32.4 Å². The van der Waals surface area contributed by atoms with Crippen molar-refractivity contribution < 1.29 is 22.7 Å². The number of imidazole rings is 1. The molecule has 36 heavy (non-hydrogen) atoms. The van der Waals surface area contributed by atoms with Gasteiger partial charge in [0, 0.05) is 31.5 Å². The van der Waals surface area contributed by atoms with E-state index in [-0.39, 0.29) is 42.6 Å². The van der Waals surface area contributed by atoms with E-state index >= 15 is 0 Å². The van der Waals surface area contributed by atoms with Crippen molar-refractivity contribution in [2.45, 2.75) is 52.0 Å². The molecule has 0 radical (unpaired) electrons. The Morgan fingerprint density at radius 3 is 2.69 bits per heavy atom. The van der Waals surface area contributed by atoms with Crippen molar-refractivity contribution in [1.29, 1.82) is 0 Å². The minimum Gasteiger partial charge on any atom is -0.462 e. The number of ether oxygens (including phenoxy) is 1. The fourth-order valence-electron chi connectivity index (χ4n) is 4.76. The smallest absolute Gasteiger partial charge is 0.341 e. The molecule has 11 heteroatoms. The van der Waals surface area contributed by atoms with Crippen molar-refractivity contribution in [3.63, 3.8) is 0 Å². The predicted octanol–water partition coefficient (Wildman–Crippen LogP) is 2.72. The molecule has 1 aliphatic rings. The molecule has 3 aromatic rings. The average molecular weight is 516 g/mol. The van der Waals surface area contributed by atoms with Crippen LogP contribution < -0.4 is 5.32 Å². The SMILES string of the molecule is CCOC(=O)c1c(S(=O)(=O)N2CCCC(C(=O)NCc3nc4ccc(C)cc4[nH]3)C2)c(C)n(C)c1C. The van der Waals surface area contributed by atoms with Gasteiger partial charge in [-0.15, -0.1) is 0 Å². The van der Waals surface area contributed by atoms with Crippen LogP contribution in [-0.2, 0) is 33.1 Å². The molecule has 1 unspecified atom stereocenters. The van der Waals surface area contributed by atoms with Crippen molar-refractivity contribution in [3.8, 4) is 0 Å². The molecular formula is C25H33N5O5S. The van der Waals surface area contributed by atoms with Gasteiger partial charge in [0.05, 0.1) is 30.1 Å². The molecule has 0 aliphatic carbocycles. The number of aryl methyl sites for hydroxylation is 1. The van der Waals surface area contributed by atoms with Gasteiger partial charge in [-0.25, -0.2) is 18.2 Å². The quantitative estimate of drug-likeness (QED) is 0.466. The van der Waals surface area contributed by atoms with E-state index < -0.39 is 21.9 Å². The van der Waals surface area contributed by atoms with Gasteiger partial charge in [0.1, 0.15) is 16.3 Å². The zero-order valence-electron chi connectivity index (χ0n) is 21.3. The first-order chi connectivity index (χ1) is 17.0. The van der Waals surface area contributed by atoms with Crippen LogP contribution in [0.5, 0.6) is 0 Å².